The second-order valence-corrected chi connectivity index (χ2v) is 6.60. The second kappa shape index (κ2) is 8.41. The third kappa shape index (κ3) is 4.47. The number of hydrogen-bond donors (Lipinski definition) is 2. The molecule has 1 unspecified atom stereocenters. The van der Waals surface area contributed by atoms with Gasteiger partial charge in [0.05, 0.1) is 11.1 Å². The summed E-state index contributed by atoms with van der Waals surface area (Å²) < 4.78 is 5.38. The fourth-order valence-electron chi connectivity index (χ4n) is 2.65. The van der Waals surface area contributed by atoms with E-state index in [-0.39, 0.29) is 19.1 Å². The van der Waals surface area contributed by atoms with Crippen molar-refractivity contribution in [1.29, 1.82) is 0 Å². The van der Waals surface area contributed by atoms with Crippen LogP contribution in [0.15, 0.2) is 60.7 Å². The Balaban J connectivity index is 1.57. The van der Waals surface area contributed by atoms with Crippen molar-refractivity contribution in [3.63, 3.8) is 0 Å². The number of nitrogens with one attached hydrogen (secondary N) is 1. The number of benzene rings is 3. The van der Waals surface area contributed by atoms with Crippen molar-refractivity contribution in [2.24, 2.45) is 0 Å². The lowest BCUT2D eigenvalue weighted by Crippen LogP contribution is -2.32. The zero-order valence-electron chi connectivity index (χ0n) is 13.8. The van der Waals surface area contributed by atoms with Crippen LogP contribution < -0.4 is 10.1 Å². The number of hydrogen-bond acceptors (Lipinski definition) is 3. The minimum atomic E-state index is -0.816. The fraction of sp³-hybridized carbons (Fsp3) is 0.150. The third-order valence-electron chi connectivity index (χ3n) is 3.93. The van der Waals surface area contributed by atoms with Gasteiger partial charge in [0.2, 0.25) is 0 Å². The van der Waals surface area contributed by atoms with Gasteiger partial charge in [-0.3, -0.25) is 4.79 Å². The average molecular weight is 390 g/mol. The van der Waals surface area contributed by atoms with Gasteiger partial charge >= 0.3 is 0 Å². The summed E-state index contributed by atoms with van der Waals surface area (Å²) in [5.41, 5.74) is 0.769. The van der Waals surface area contributed by atoms with Gasteiger partial charge in [-0.15, -0.1) is 0 Å². The van der Waals surface area contributed by atoms with Crippen molar-refractivity contribution in [2.45, 2.75) is 6.10 Å². The molecule has 3 aromatic carbocycles. The quantitative estimate of drug-likeness (QED) is 0.657. The van der Waals surface area contributed by atoms with Crippen molar-refractivity contribution in [1.82, 2.24) is 5.32 Å². The SMILES string of the molecule is O=C(COc1ccc(Cl)cc1Cl)NCC(O)c1cccc2ccccc12. The molecule has 0 aliphatic heterocycles. The molecule has 0 saturated heterocycles. The van der Waals surface area contributed by atoms with Crippen LogP contribution in [0.3, 0.4) is 0 Å². The van der Waals surface area contributed by atoms with E-state index in [0.29, 0.717) is 15.8 Å². The Morgan fingerprint density at radius 1 is 1.08 bits per heavy atom. The standard InChI is InChI=1S/C20H17Cl2NO3/c21-14-8-9-19(17(22)10-14)26-12-20(25)23-11-18(24)16-7-3-5-13-4-1-2-6-15(13)16/h1-10,18,24H,11-12H2,(H,23,25). The van der Waals surface area contributed by atoms with E-state index < -0.39 is 6.10 Å². The molecule has 4 nitrogen and oxygen atoms in total. The van der Waals surface area contributed by atoms with E-state index in [9.17, 15) is 9.90 Å². The number of ether oxygens (including phenoxy) is 1. The van der Waals surface area contributed by atoms with Crippen LogP contribution in [0.2, 0.25) is 10.0 Å². The molecule has 0 radical (unpaired) electrons. The number of fused-ring (bicyclic) bond motifs is 1. The Hall–Kier alpha value is -2.27. The summed E-state index contributed by atoms with van der Waals surface area (Å²) in [4.78, 5) is 12.0. The highest BCUT2D eigenvalue weighted by Crippen LogP contribution is 2.27. The maximum absolute atomic E-state index is 12.0. The minimum absolute atomic E-state index is 0.0878. The number of rotatable bonds is 6. The summed E-state index contributed by atoms with van der Waals surface area (Å²) in [6.45, 7) is -0.117. The number of halogens is 2. The van der Waals surface area contributed by atoms with Crippen LogP contribution in [0, 0.1) is 0 Å². The predicted molar refractivity (Wildman–Crippen MR) is 104 cm³/mol. The number of aliphatic hydroxyl groups is 1. The van der Waals surface area contributed by atoms with Gasteiger partial charge in [-0.05, 0) is 34.5 Å². The molecule has 1 atom stereocenters. The van der Waals surface area contributed by atoms with Gasteiger partial charge < -0.3 is 15.2 Å². The average Bonchev–Trinajstić information content (AvgIpc) is 2.65. The van der Waals surface area contributed by atoms with Crippen LogP contribution in [0.1, 0.15) is 11.7 Å². The summed E-state index contributed by atoms with van der Waals surface area (Å²) in [6.07, 6.45) is -0.816. The zero-order valence-corrected chi connectivity index (χ0v) is 15.3. The Labute approximate surface area is 161 Å². The maximum Gasteiger partial charge on any atom is 0.258 e. The Kier molecular flexibility index (Phi) is 5.99. The van der Waals surface area contributed by atoms with E-state index in [0.717, 1.165) is 16.3 Å². The van der Waals surface area contributed by atoms with Crippen LogP contribution in [0.25, 0.3) is 10.8 Å². The molecule has 3 aromatic rings. The largest absolute Gasteiger partial charge is 0.482 e. The molecular formula is C20H17Cl2NO3. The minimum Gasteiger partial charge on any atom is -0.482 e. The lowest BCUT2D eigenvalue weighted by atomic mass is 10.0. The molecule has 0 aromatic heterocycles. The van der Waals surface area contributed by atoms with Crippen molar-refractivity contribution in [3.05, 3.63) is 76.3 Å². The van der Waals surface area contributed by atoms with Gasteiger partial charge in [0, 0.05) is 11.6 Å². The maximum atomic E-state index is 12.0. The van der Waals surface area contributed by atoms with E-state index in [1.54, 1.807) is 18.2 Å². The molecule has 2 N–H and O–H groups in total. The lowest BCUT2D eigenvalue weighted by Gasteiger charge is -2.15. The van der Waals surface area contributed by atoms with Gasteiger partial charge in [-0.2, -0.15) is 0 Å². The van der Waals surface area contributed by atoms with Crippen molar-refractivity contribution < 1.29 is 14.6 Å². The Morgan fingerprint density at radius 3 is 2.65 bits per heavy atom. The van der Waals surface area contributed by atoms with Crippen LogP contribution >= 0.6 is 23.2 Å². The number of carbonyl (C=O) groups is 1. The first-order chi connectivity index (χ1) is 12.5. The first-order valence-corrected chi connectivity index (χ1v) is 8.80. The molecule has 1 amide bonds. The van der Waals surface area contributed by atoms with Crippen molar-refractivity contribution >= 4 is 39.9 Å². The fourth-order valence-corrected chi connectivity index (χ4v) is 3.11. The molecule has 0 aliphatic carbocycles. The molecule has 0 spiro atoms. The molecule has 134 valence electrons. The van der Waals surface area contributed by atoms with Crippen LogP contribution in [-0.2, 0) is 4.79 Å². The summed E-state index contributed by atoms with van der Waals surface area (Å²) in [5, 5.41) is 15.9. The molecule has 0 aliphatic rings. The van der Waals surface area contributed by atoms with Crippen LogP contribution in [0.5, 0.6) is 5.75 Å². The molecule has 0 fully saturated rings. The van der Waals surface area contributed by atoms with E-state index >= 15 is 0 Å². The Morgan fingerprint density at radius 2 is 1.85 bits per heavy atom. The van der Waals surface area contributed by atoms with E-state index in [1.165, 1.54) is 0 Å². The highest BCUT2D eigenvalue weighted by molar-refractivity contribution is 6.35. The summed E-state index contributed by atoms with van der Waals surface area (Å²) in [7, 11) is 0. The van der Waals surface area contributed by atoms with Crippen LogP contribution in [0.4, 0.5) is 0 Å². The normalized spacial score (nSPS) is 12.0. The van der Waals surface area contributed by atoms with Gasteiger partial charge in [-0.1, -0.05) is 65.7 Å². The monoisotopic (exact) mass is 389 g/mol. The molecule has 0 heterocycles. The van der Waals surface area contributed by atoms with Gasteiger partial charge in [0.15, 0.2) is 6.61 Å². The van der Waals surface area contributed by atoms with Gasteiger partial charge in [0.25, 0.3) is 5.91 Å². The van der Waals surface area contributed by atoms with Gasteiger partial charge in [-0.25, -0.2) is 0 Å². The third-order valence-corrected chi connectivity index (χ3v) is 4.46. The number of amides is 1. The van der Waals surface area contributed by atoms with Crippen molar-refractivity contribution in [2.75, 3.05) is 13.2 Å². The Bertz CT molecular complexity index is 925. The summed E-state index contributed by atoms with van der Waals surface area (Å²) in [5.74, 6) is 0.0242. The zero-order chi connectivity index (χ0) is 18.5. The highest BCUT2D eigenvalue weighted by Gasteiger charge is 2.13. The van der Waals surface area contributed by atoms with Gasteiger partial charge in [0.1, 0.15) is 5.75 Å². The lowest BCUT2D eigenvalue weighted by molar-refractivity contribution is -0.123. The first-order valence-electron chi connectivity index (χ1n) is 8.05. The summed E-state index contributed by atoms with van der Waals surface area (Å²) in [6, 6.07) is 18.3. The molecule has 0 saturated carbocycles. The predicted octanol–water partition coefficient (Wildman–Crippen LogP) is 4.38. The van der Waals surface area contributed by atoms with E-state index in [1.807, 2.05) is 42.5 Å². The van der Waals surface area contributed by atoms with E-state index in [4.69, 9.17) is 27.9 Å². The first kappa shape index (κ1) is 18.5. The highest BCUT2D eigenvalue weighted by atomic mass is 35.5. The molecule has 3 rings (SSSR count). The molecule has 6 heteroatoms. The molecule has 0 bridgehead atoms. The van der Waals surface area contributed by atoms with Crippen molar-refractivity contribution in [3.8, 4) is 5.75 Å². The van der Waals surface area contributed by atoms with E-state index in [2.05, 4.69) is 5.32 Å². The summed E-state index contributed by atoms with van der Waals surface area (Å²) >= 11 is 11.8. The second-order valence-electron chi connectivity index (χ2n) is 5.75. The smallest absolute Gasteiger partial charge is 0.258 e. The number of carbonyl (C=O) groups excluding carboxylic acids is 1. The topological polar surface area (TPSA) is 58.6 Å². The molecular weight excluding hydrogens is 373 g/mol. The van der Waals surface area contributed by atoms with Crippen LogP contribution in [-0.4, -0.2) is 24.2 Å². The molecule has 26 heavy (non-hydrogen) atoms. The number of aliphatic hydroxyl groups excluding tert-OH is 1.